The monoisotopic (exact) mass is 528 g/mol. The van der Waals surface area contributed by atoms with Crippen LogP contribution in [0.3, 0.4) is 0 Å². The van der Waals surface area contributed by atoms with E-state index in [-0.39, 0.29) is 4.83 Å². The van der Waals surface area contributed by atoms with E-state index < -0.39 is 0 Å². The van der Waals surface area contributed by atoms with Crippen LogP contribution in [0.5, 0.6) is 0 Å². The van der Waals surface area contributed by atoms with Gasteiger partial charge in [0.25, 0.3) is 0 Å². The molecule has 2 aromatic rings. The van der Waals surface area contributed by atoms with E-state index in [0.29, 0.717) is 0 Å². The zero-order valence-electron chi connectivity index (χ0n) is 8.63. The maximum Gasteiger partial charge on any atom is 0.0666 e. The summed E-state index contributed by atoms with van der Waals surface area (Å²) in [6.45, 7) is 0. The van der Waals surface area contributed by atoms with Crippen molar-refractivity contribution in [2.75, 3.05) is 0 Å². The van der Waals surface area contributed by atoms with Crippen LogP contribution in [0.2, 0.25) is 0 Å². The van der Waals surface area contributed by atoms with E-state index in [9.17, 15) is 0 Å². The Hall–Kier alpha value is 0.610. The average molecular weight is 531 g/mol. The molecule has 88 valence electrons. The summed E-state index contributed by atoms with van der Waals surface area (Å²) in [4.78, 5) is 0.197. The van der Waals surface area contributed by atoms with Gasteiger partial charge in [0.2, 0.25) is 0 Å². The normalized spacial score (nSPS) is 12.5. The summed E-state index contributed by atoms with van der Waals surface area (Å²) < 4.78 is 3.46. The molecule has 2 rings (SSSR count). The van der Waals surface area contributed by atoms with Crippen molar-refractivity contribution in [3.63, 3.8) is 0 Å². The molecule has 1 atom stereocenters. The van der Waals surface area contributed by atoms with Crippen LogP contribution in [-0.4, -0.2) is 0 Å². The lowest BCUT2D eigenvalue weighted by atomic mass is 10.1. The van der Waals surface area contributed by atoms with Crippen molar-refractivity contribution in [3.8, 4) is 0 Å². The molecule has 1 unspecified atom stereocenters. The third kappa shape index (κ3) is 3.33. The van der Waals surface area contributed by atoms with Crippen molar-refractivity contribution in [3.05, 3.63) is 66.1 Å². The summed E-state index contributed by atoms with van der Waals surface area (Å²) in [5, 5.41) is 0. The lowest BCUT2D eigenvalue weighted by Gasteiger charge is -2.14. The van der Waals surface area contributed by atoms with Crippen LogP contribution in [0, 0.1) is 3.57 Å². The molecule has 0 bridgehead atoms. The third-order valence-electron chi connectivity index (χ3n) is 2.41. The minimum Gasteiger partial charge on any atom is -0.0786 e. The van der Waals surface area contributed by atoms with Gasteiger partial charge in [0.1, 0.15) is 0 Å². The van der Waals surface area contributed by atoms with Crippen LogP contribution >= 0.6 is 70.4 Å². The van der Waals surface area contributed by atoms with Crippen molar-refractivity contribution in [2.24, 2.45) is 0 Å². The lowest BCUT2D eigenvalue weighted by molar-refractivity contribution is 1.15. The molecule has 0 heterocycles. The topological polar surface area (TPSA) is 0 Å². The number of benzene rings is 2. The van der Waals surface area contributed by atoms with Gasteiger partial charge in [0.15, 0.2) is 0 Å². The first-order valence-corrected chi connectivity index (χ1v) is 8.51. The molecule has 0 aromatic heterocycles. The zero-order valence-corrected chi connectivity index (χ0v) is 15.5. The summed E-state index contributed by atoms with van der Waals surface area (Å²) in [5.74, 6) is 0. The molecule has 4 heteroatoms. The molecular formula is C13H8Br3I. The zero-order chi connectivity index (χ0) is 12.4. The molecular weight excluding hydrogens is 523 g/mol. The number of rotatable bonds is 2. The largest absolute Gasteiger partial charge is 0.0786 e. The van der Waals surface area contributed by atoms with Crippen molar-refractivity contribution < 1.29 is 0 Å². The van der Waals surface area contributed by atoms with Crippen LogP contribution in [0.25, 0.3) is 0 Å². The molecule has 0 aliphatic rings. The Morgan fingerprint density at radius 1 is 0.941 bits per heavy atom. The van der Waals surface area contributed by atoms with Crippen molar-refractivity contribution >= 4 is 70.4 Å². The van der Waals surface area contributed by atoms with Gasteiger partial charge >= 0.3 is 0 Å². The van der Waals surface area contributed by atoms with Gasteiger partial charge in [-0.05, 0) is 58.0 Å². The van der Waals surface area contributed by atoms with Gasteiger partial charge in [0, 0.05) is 12.5 Å². The fourth-order valence-corrected chi connectivity index (χ4v) is 4.62. The fourth-order valence-electron chi connectivity index (χ4n) is 1.56. The summed E-state index contributed by atoms with van der Waals surface area (Å²) >= 11 is 13.3. The van der Waals surface area contributed by atoms with Gasteiger partial charge in [-0.3, -0.25) is 0 Å². The first-order valence-electron chi connectivity index (χ1n) is 4.93. The minimum atomic E-state index is 0.197. The second kappa shape index (κ2) is 6.17. The summed E-state index contributed by atoms with van der Waals surface area (Å²) in [6, 6.07) is 14.6. The highest BCUT2D eigenvalue weighted by Crippen LogP contribution is 2.38. The molecule has 0 aliphatic heterocycles. The molecule has 0 nitrogen and oxygen atoms in total. The quantitative estimate of drug-likeness (QED) is 0.316. The average Bonchev–Trinajstić information content (AvgIpc) is 2.32. The SMILES string of the molecule is Brc1ccc(Br)c(C(Br)c2ccccc2I)c1. The van der Waals surface area contributed by atoms with Gasteiger partial charge < -0.3 is 0 Å². The Balaban J connectivity index is 2.47. The van der Waals surface area contributed by atoms with E-state index in [0.717, 1.165) is 8.95 Å². The maximum absolute atomic E-state index is 3.77. The van der Waals surface area contributed by atoms with E-state index in [1.54, 1.807) is 0 Å². The first-order chi connectivity index (χ1) is 8.09. The predicted octanol–water partition coefficient (Wildman–Crippen LogP) is 6.30. The predicted molar refractivity (Wildman–Crippen MR) is 91.8 cm³/mol. The molecule has 0 radical (unpaired) electrons. The first kappa shape index (κ1) is 14.0. The number of alkyl halides is 1. The highest BCUT2D eigenvalue weighted by Gasteiger charge is 2.15. The Morgan fingerprint density at radius 3 is 2.35 bits per heavy atom. The van der Waals surface area contributed by atoms with Crippen LogP contribution in [-0.2, 0) is 0 Å². The van der Waals surface area contributed by atoms with E-state index >= 15 is 0 Å². The molecule has 0 fully saturated rings. The van der Waals surface area contributed by atoms with Crippen molar-refractivity contribution in [1.29, 1.82) is 0 Å². The second-order valence-electron chi connectivity index (χ2n) is 3.55. The number of halogens is 4. The fraction of sp³-hybridized carbons (Fsp3) is 0.0769. The highest BCUT2D eigenvalue weighted by molar-refractivity contribution is 14.1. The van der Waals surface area contributed by atoms with Crippen LogP contribution in [0.1, 0.15) is 16.0 Å². The van der Waals surface area contributed by atoms with E-state index in [2.05, 4.69) is 107 Å². The number of hydrogen-bond donors (Lipinski definition) is 0. The molecule has 0 N–H and O–H groups in total. The summed E-state index contributed by atoms with van der Waals surface area (Å²) in [6.07, 6.45) is 0. The summed E-state index contributed by atoms with van der Waals surface area (Å²) in [7, 11) is 0. The Kier molecular flexibility index (Phi) is 5.09. The van der Waals surface area contributed by atoms with Gasteiger partial charge in [-0.15, -0.1) is 0 Å². The molecule has 0 amide bonds. The summed E-state index contributed by atoms with van der Waals surface area (Å²) in [5.41, 5.74) is 2.51. The molecule has 0 aliphatic carbocycles. The van der Waals surface area contributed by atoms with Crippen molar-refractivity contribution in [1.82, 2.24) is 0 Å². The van der Waals surface area contributed by atoms with Crippen LogP contribution in [0.4, 0.5) is 0 Å². The second-order valence-corrected chi connectivity index (χ2v) is 7.40. The van der Waals surface area contributed by atoms with E-state index in [1.165, 1.54) is 14.7 Å². The van der Waals surface area contributed by atoms with E-state index in [1.807, 2.05) is 6.07 Å². The van der Waals surface area contributed by atoms with Gasteiger partial charge in [-0.2, -0.15) is 0 Å². The van der Waals surface area contributed by atoms with Crippen LogP contribution in [0.15, 0.2) is 51.4 Å². The maximum atomic E-state index is 3.77. The highest BCUT2D eigenvalue weighted by atomic mass is 127. The number of hydrogen-bond acceptors (Lipinski definition) is 0. The van der Waals surface area contributed by atoms with Gasteiger partial charge in [-0.25, -0.2) is 0 Å². The Morgan fingerprint density at radius 2 is 1.65 bits per heavy atom. The minimum absolute atomic E-state index is 0.197. The van der Waals surface area contributed by atoms with Crippen LogP contribution < -0.4 is 0 Å². The lowest BCUT2D eigenvalue weighted by Crippen LogP contribution is -1.96. The molecule has 17 heavy (non-hydrogen) atoms. The Bertz CT molecular complexity index is 540. The van der Waals surface area contributed by atoms with Gasteiger partial charge in [-0.1, -0.05) is 66.0 Å². The smallest absolute Gasteiger partial charge is 0.0666 e. The Labute approximate surface area is 140 Å². The molecule has 0 saturated carbocycles. The van der Waals surface area contributed by atoms with Gasteiger partial charge in [0.05, 0.1) is 4.83 Å². The molecule has 2 aromatic carbocycles. The van der Waals surface area contributed by atoms with Crippen molar-refractivity contribution in [2.45, 2.75) is 4.83 Å². The molecule has 0 spiro atoms. The molecule has 0 saturated heterocycles. The third-order valence-corrected chi connectivity index (χ3v) is 5.59. The standard InChI is InChI=1S/C13H8Br3I/c14-8-5-6-11(15)10(7-8)13(16)9-3-1-2-4-12(9)17/h1-7,13H. The van der Waals surface area contributed by atoms with E-state index in [4.69, 9.17) is 0 Å².